The Kier molecular flexibility index (Phi) is 69.3. The molecular weight excluding hydrogens is 1280 g/mol. The van der Waals surface area contributed by atoms with Crippen molar-refractivity contribution in [2.24, 2.45) is 11.8 Å². The summed E-state index contributed by atoms with van der Waals surface area (Å²) in [4.78, 5) is 72.8. The van der Waals surface area contributed by atoms with Crippen LogP contribution in [-0.4, -0.2) is 96.7 Å². The van der Waals surface area contributed by atoms with E-state index in [0.29, 0.717) is 25.7 Å². The standard InChI is InChI=1S/C79H154O17P2/c1-7-10-12-14-16-17-18-19-20-21-22-23-24-29-32-35-38-45-51-57-63-78(83)95-75(68-90-77(82)62-56-50-44-37-34-31-28-26-25-27-30-33-36-42-47-53-59-71(4)5)70-94-98(87,88)92-66-73(80)65-91-97(85,86)93-69-74(67-89-76(81)61-55-49-41-15-13-11-8-2)96-79(84)64-58-52-46-40-39-43-48-54-60-72(6)9-3/h71-75,80H,7-70H2,1-6H3,(H,85,86)(H,87,88)/t72?,73-,74+,75+/m0/s1. The van der Waals surface area contributed by atoms with Gasteiger partial charge in [0.05, 0.1) is 26.4 Å². The van der Waals surface area contributed by atoms with E-state index in [9.17, 15) is 43.2 Å². The lowest BCUT2D eigenvalue weighted by Gasteiger charge is -2.21. The monoisotopic (exact) mass is 1440 g/mol. The van der Waals surface area contributed by atoms with Crippen LogP contribution in [0.15, 0.2) is 0 Å². The summed E-state index contributed by atoms with van der Waals surface area (Å²) in [5, 5.41) is 10.6. The fourth-order valence-electron chi connectivity index (χ4n) is 12.2. The average molecular weight is 1440 g/mol. The number of phosphoric acid groups is 2. The average Bonchev–Trinajstić information content (AvgIpc) is 1.40. The van der Waals surface area contributed by atoms with Gasteiger partial charge in [-0.25, -0.2) is 9.13 Å². The van der Waals surface area contributed by atoms with Gasteiger partial charge in [0.2, 0.25) is 0 Å². The molecule has 0 aliphatic rings. The lowest BCUT2D eigenvalue weighted by atomic mass is 9.99. The molecule has 0 aromatic rings. The second-order valence-electron chi connectivity index (χ2n) is 29.2. The van der Waals surface area contributed by atoms with E-state index in [0.717, 1.165) is 115 Å². The number of unbranched alkanes of at least 4 members (excludes halogenated alkanes) is 47. The Hall–Kier alpha value is -1.94. The minimum Gasteiger partial charge on any atom is -0.462 e. The maximum Gasteiger partial charge on any atom is 0.472 e. The zero-order chi connectivity index (χ0) is 72.1. The van der Waals surface area contributed by atoms with Crippen LogP contribution in [0.1, 0.15) is 414 Å². The topological polar surface area (TPSA) is 237 Å². The molecule has 0 amide bonds. The first-order valence-corrected chi connectivity index (χ1v) is 44.0. The fourth-order valence-corrected chi connectivity index (χ4v) is 13.7. The summed E-state index contributed by atoms with van der Waals surface area (Å²) in [5.74, 6) is -0.536. The van der Waals surface area contributed by atoms with Crippen LogP contribution in [0.4, 0.5) is 0 Å². The molecule has 0 spiro atoms. The molecule has 17 nitrogen and oxygen atoms in total. The van der Waals surface area contributed by atoms with Gasteiger partial charge in [0.1, 0.15) is 19.3 Å². The maximum absolute atomic E-state index is 13.1. The van der Waals surface area contributed by atoms with Crippen LogP contribution in [0.25, 0.3) is 0 Å². The van der Waals surface area contributed by atoms with Gasteiger partial charge >= 0.3 is 39.5 Å². The summed E-state index contributed by atoms with van der Waals surface area (Å²) in [6.45, 7) is 9.60. The number of ether oxygens (including phenoxy) is 4. The van der Waals surface area contributed by atoms with Crippen LogP contribution in [0.5, 0.6) is 0 Å². The minimum absolute atomic E-state index is 0.105. The van der Waals surface area contributed by atoms with Crippen molar-refractivity contribution in [3.05, 3.63) is 0 Å². The summed E-state index contributed by atoms with van der Waals surface area (Å²) in [5.41, 5.74) is 0. The van der Waals surface area contributed by atoms with E-state index in [1.54, 1.807) is 0 Å². The van der Waals surface area contributed by atoms with Crippen LogP contribution in [0.3, 0.4) is 0 Å². The molecule has 0 aliphatic heterocycles. The van der Waals surface area contributed by atoms with Gasteiger partial charge in [0.15, 0.2) is 12.2 Å². The molecule has 0 saturated carbocycles. The van der Waals surface area contributed by atoms with E-state index in [1.165, 1.54) is 218 Å². The van der Waals surface area contributed by atoms with E-state index in [1.807, 2.05) is 0 Å². The van der Waals surface area contributed by atoms with Crippen molar-refractivity contribution in [3.63, 3.8) is 0 Å². The highest BCUT2D eigenvalue weighted by molar-refractivity contribution is 7.47. The van der Waals surface area contributed by atoms with Crippen molar-refractivity contribution < 1.29 is 80.2 Å². The molecule has 0 saturated heterocycles. The van der Waals surface area contributed by atoms with Crippen molar-refractivity contribution in [3.8, 4) is 0 Å². The van der Waals surface area contributed by atoms with Gasteiger partial charge in [0, 0.05) is 25.7 Å². The fraction of sp³-hybridized carbons (Fsp3) is 0.949. The highest BCUT2D eigenvalue weighted by Gasteiger charge is 2.30. The molecule has 0 heterocycles. The highest BCUT2D eigenvalue weighted by Crippen LogP contribution is 2.45. The first-order chi connectivity index (χ1) is 47.4. The molecule has 0 aromatic heterocycles. The summed E-state index contributed by atoms with van der Waals surface area (Å²) in [7, 11) is -9.91. The van der Waals surface area contributed by atoms with Crippen LogP contribution < -0.4 is 0 Å². The molecule has 0 rings (SSSR count). The van der Waals surface area contributed by atoms with Crippen LogP contribution in [0, 0.1) is 11.8 Å². The SMILES string of the molecule is CCCCCCCCCCCCCCCCCCCCCCC(=O)O[C@H](COC(=O)CCCCCCCCCCCCCCCCCCC(C)C)COP(=O)(O)OC[C@@H](O)COP(=O)(O)OC[C@@H](COC(=O)CCCCCCCCC)OC(=O)CCCCCCCCCCC(C)CC. The first kappa shape index (κ1) is 96.1. The van der Waals surface area contributed by atoms with E-state index in [-0.39, 0.29) is 25.7 Å². The molecule has 19 heteroatoms. The Morgan fingerprint density at radius 3 is 0.776 bits per heavy atom. The van der Waals surface area contributed by atoms with Gasteiger partial charge < -0.3 is 33.8 Å². The van der Waals surface area contributed by atoms with E-state index in [2.05, 4.69) is 41.5 Å². The highest BCUT2D eigenvalue weighted by atomic mass is 31.2. The normalized spacial score (nSPS) is 14.2. The predicted molar refractivity (Wildman–Crippen MR) is 400 cm³/mol. The zero-order valence-corrected chi connectivity index (χ0v) is 65.9. The third-order valence-electron chi connectivity index (χ3n) is 18.8. The number of carbonyl (C=O) groups is 4. The number of phosphoric ester groups is 2. The largest absolute Gasteiger partial charge is 0.472 e. The van der Waals surface area contributed by atoms with Crippen molar-refractivity contribution in [2.45, 2.75) is 432 Å². The van der Waals surface area contributed by atoms with Crippen LogP contribution in [0.2, 0.25) is 0 Å². The summed E-state index contributed by atoms with van der Waals surface area (Å²) < 4.78 is 68.5. The Bertz CT molecular complexity index is 1890. The van der Waals surface area contributed by atoms with Crippen molar-refractivity contribution >= 4 is 39.5 Å². The maximum atomic E-state index is 13.1. The van der Waals surface area contributed by atoms with Crippen LogP contribution >= 0.6 is 15.6 Å². The Balaban J connectivity index is 5.17. The molecule has 6 atom stereocenters. The van der Waals surface area contributed by atoms with E-state index in [4.69, 9.17) is 37.0 Å². The number of rotatable bonds is 78. The molecule has 98 heavy (non-hydrogen) atoms. The van der Waals surface area contributed by atoms with E-state index < -0.39 is 97.5 Å². The summed E-state index contributed by atoms with van der Waals surface area (Å²) >= 11 is 0. The van der Waals surface area contributed by atoms with Crippen LogP contribution in [-0.2, 0) is 65.4 Å². The molecule has 3 N–H and O–H groups in total. The number of hydrogen-bond acceptors (Lipinski definition) is 15. The summed E-state index contributed by atoms with van der Waals surface area (Å²) in [6.07, 6.45) is 59.9. The number of aliphatic hydroxyl groups is 1. The van der Waals surface area contributed by atoms with Crippen molar-refractivity contribution in [1.82, 2.24) is 0 Å². The number of hydrogen-bond donors (Lipinski definition) is 3. The van der Waals surface area contributed by atoms with Gasteiger partial charge in [-0.05, 0) is 37.5 Å². The molecular formula is C79H154O17P2. The predicted octanol–water partition coefficient (Wildman–Crippen LogP) is 23.5. The lowest BCUT2D eigenvalue weighted by molar-refractivity contribution is -0.161. The second-order valence-corrected chi connectivity index (χ2v) is 32.1. The number of aliphatic hydroxyl groups excluding tert-OH is 1. The molecule has 0 fully saturated rings. The third kappa shape index (κ3) is 71.1. The van der Waals surface area contributed by atoms with Gasteiger partial charge in [-0.2, -0.15) is 0 Å². The van der Waals surface area contributed by atoms with Gasteiger partial charge in [0.25, 0.3) is 0 Å². The van der Waals surface area contributed by atoms with Gasteiger partial charge in [-0.3, -0.25) is 37.3 Å². The van der Waals surface area contributed by atoms with Crippen molar-refractivity contribution in [2.75, 3.05) is 39.6 Å². The minimum atomic E-state index is -4.96. The Morgan fingerprint density at radius 1 is 0.296 bits per heavy atom. The molecule has 0 aliphatic carbocycles. The molecule has 0 bridgehead atoms. The van der Waals surface area contributed by atoms with Gasteiger partial charge in [-0.15, -0.1) is 0 Å². The lowest BCUT2D eigenvalue weighted by Crippen LogP contribution is -2.30. The molecule has 0 radical (unpaired) electrons. The van der Waals surface area contributed by atoms with Gasteiger partial charge in [-0.1, -0.05) is 363 Å². The second kappa shape index (κ2) is 70.7. The zero-order valence-electron chi connectivity index (χ0n) is 64.1. The number of carbonyl (C=O) groups excluding carboxylic acids is 4. The number of esters is 4. The summed E-state index contributed by atoms with van der Waals surface area (Å²) in [6, 6.07) is 0. The molecule has 582 valence electrons. The van der Waals surface area contributed by atoms with E-state index >= 15 is 0 Å². The Morgan fingerprint density at radius 2 is 0.520 bits per heavy atom. The third-order valence-corrected chi connectivity index (χ3v) is 20.7. The smallest absolute Gasteiger partial charge is 0.462 e. The molecule has 3 unspecified atom stereocenters. The quantitative estimate of drug-likeness (QED) is 0.0222. The van der Waals surface area contributed by atoms with Crippen molar-refractivity contribution in [1.29, 1.82) is 0 Å². The molecule has 0 aromatic carbocycles. The first-order valence-electron chi connectivity index (χ1n) is 41.0. The Labute approximate surface area is 600 Å².